The number of imidazole rings is 1. The number of rotatable bonds is 4. The van der Waals surface area contributed by atoms with Crippen molar-refractivity contribution in [3.63, 3.8) is 0 Å². The number of anilines is 1. The lowest BCUT2D eigenvalue weighted by Gasteiger charge is -2.08. The van der Waals surface area contributed by atoms with E-state index in [4.69, 9.17) is 10.7 Å². The molecule has 0 radical (unpaired) electrons. The highest BCUT2D eigenvalue weighted by atomic mass is 16.1. The number of aromatic nitrogens is 3. The van der Waals surface area contributed by atoms with Crippen LogP contribution in [0.15, 0.2) is 35.1 Å². The quantitative estimate of drug-likeness (QED) is 0.778. The van der Waals surface area contributed by atoms with Crippen molar-refractivity contribution >= 4 is 16.7 Å². The number of H-pyrrole nitrogens is 1. The van der Waals surface area contributed by atoms with Crippen LogP contribution >= 0.6 is 0 Å². The van der Waals surface area contributed by atoms with Crippen LogP contribution in [-0.4, -0.2) is 14.5 Å². The number of nitrogens with two attached hydrogens (primary N) is 1. The third kappa shape index (κ3) is 2.99. The average molecular weight is 310 g/mol. The highest BCUT2D eigenvalue weighted by molar-refractivity contribution is 5.78. The minimum absolute atomic E-state index is 0.173. The fraction of sp³-hybridized carbons (Fsp3) is 0.333. The number of nitrogen functional groups attached to an aromatic ring is 1. The minimum Gasteiger partial charge on any atom is -0.394 e. The Kier molecular flexibility index (Phi) is 3.94. The van der Waals surface area contributed by atoms with Gasteiger partial charge in [-0.15, -0.1) is 0 Å². The Morgan fingerprint density at radius 3 is 2.78 bits per heavy atom. The van der Waals surface area contributed by atoms with E-state index in [-0.39, 0.29) is 11.2 Å². The number of aromatic amines is 1. The smallest absolute Gasteiger partial charge is 0.274 e. The van der Waals surface area contributed by atoms with Crippen LogP contribution in [0.25, 0.3) is 11.0 Å². The molecule has 5 heteroatoms. The number of hydrogen-bond acceptors (Lipinski definition) is 3. The van der Waals surface area contributed by atoms with E-state index >= 15 is 0 Å². The monoisotopic (exact) mass is 310 g/mol. The second-order valence-electron chi connectivity index (χ2n) is 6.42. The molecule has 1 aromatic carbocycles. The second kappa shape index (κ2) is 5.91. The van der Waals surface area contributed by atoms with Crippen LogP contribution in [0.3, 0.4) is 0 Å². The van der Waals surface area contributed by atoms with E-state index in [1.54, 1.807) is 10.6 Å². The van der Waals surface area contributed by atoms with E-state index in [0.717, 1.165) is 29.0 Å². The first-order valence-corrected chi connectivity index (χ1v) is 7.88. The van der Waals surface area contributed by atoms with Crippen LogP contribution in [0.1, 0.15) is 30.9 Å². The van der Waals surface area contributed by atoms with Crippen molar-refractivity contribution in [2.45, 2.75) is 33.7 Å². The number of pyridine rings is 1. The van der Waals surface area contributed by atoms with Crippen molar-refractivity contribution in [3.05, 3.63) is 57.8 Å². The summed E-state index contributed by atoms with van der Waals surface area (Å²) in [6.45, 7) is 6.68. The molecular weight excluding hydrogens is 288 g/mol. The molecule has 2 aromatic heterocycles. The Labute approximate surface area is 135 Å². The van der Waals surface area contributed by atoms with Gasteiger partial charge in [0.2, 0.25) is 0 Å². The summed E-state index contributed by atoms with van der Waals surface area (Å²) in [6.07, 6.45) is 0.985. The van der Waals surface area contributed by atoms with E-state index in [1.165, 1.54) is 5.56 Å². The van der Waals surface area contributed by atoms with Gasteiger partial charge in [-0.05, 0) is 43.0 Å². The van der Waals surface area contributed by atoms with E-state index in [9.17, 15) is 4.79 Å². The lowest BCUT2D eigenvalue weighted by molar-refractivity contribution is 0.649. The molecule has 0 aliphatic heterocycles. The Hall–Kier alpha value is -2.56. The number of nitrogens with zero attached hydrogens (tertiary/aromatic N) is 2. The van der Waals surface area contributed by atoms with E-state index in [2.05, 4.69) is 24.9 Å². The molecule has 2 heterocycles. The fourth-order valence-electron chi connectivity index (χ4n) is 2.86. The zero-order chi connectivity index (χ0) is 16.6. The van der Waals surface area contributed by atoms with Crippen LogP contribution in [-0.2, 0) is 13.0 Å². The number of nitrogens with one attached hydrogen (secondary N) is 1. The predicted molar refractivity (Wildman–Crippen MR) is 93.6 cm³/mol. The van der Waals surface area contributed by atoms with Gasteiger partial charge in [0.1, 0.15) is 5.82 Å². The maximum atomic E-state index is 12.2. The summed E-state index contributed by atoms with van der Waals surface area (Å²) in [5.41, 5.74) is 9.92. The lowest BCUT2D eigenvalue weighted by atomic mass is 10.0. The third-order valence-corrected chi connectivity index (χ3v) is 4.00. The van der Waals surface area contributed by atoms with Gasteiger partial charge in [0.25, 0.3) is 5.56 Å². The standard InChI is InChI=1S/C18H22N4O/c1-11(2)9-13-5-4-6-15-17(13)21-16(20-15)10-22-12(3)7-8-14(19)18(22)23/h4-8,11H,9-10,19H2,1-3H3,(H,20,21). The number of benzene rings is 1. The molecular formula is C18H22N4O. The molecule has 23 heavy (non-hydrogen) atoms. The molecule has 120 valence electrons. The summed E-state index contributed by atoms with van der Waals surface area (Å²) < 4.78 is 1.65. The number of aryl methyl sites for hydroxylation is 1. The maximum absolute atomic E-state index is 12.2. The van der Waals surface area contributed by atoms with Crippen LogP contribution in [0.5, 0.6) is 0 Å². The molecule has 0 spiro atoms. The van der Waals surface area contributed by atoms with E-state index < -0.39 is 0 Å². The Morgan fingerprint density at radius 2 is 2.04 bits per heavy atom. The molecule has 5 nitrogen and oxygen atoms in total. The van der Waals surface area contributed by atoms with Crippen molar-refractivity contribution in [2.75, 3.05) is 5.73 Å². The van der Waals surface area contributed by atoms with Crippen molar-refractivity contribution < 1.29 is 0 Å². The molecule has 3 aromatic rings. The van der Waals surface area contributed by atoms with Gasteiger partial charge in [-0.3, -0.25) is 4.79 Å². The molecule has 3 rings (SSSR count). The summed E-state index contributed by atoms with van der Waals surface area (Å²) in [5, 5.41) is 0. The SMILES string of the molecule is Cc1ccc(N)c(=O)n1Cc1nc2c(CC(C)C)cccc2[nH]1. The Morgan fingerprint density at radius 1 is 1.26 bits per heavy atom. The minimum atomic E-state index is -0.173. The first-order valence-electron chi connectivity index (χ1n) is 7.88. The lowest BCUT2D eigenvalue weighted by Crippen LogP contribution is -2.25. The third-order valence-electron chi connectivity index (χ3n) is 4.00. The number of hydrogen-bond donors (Lipinski definition) is 2. The van der Waals surface area contributed by atoms with Crippen LogP contribution in [0.2, 0.25) is 0 Å². The summed E-state index contributed by atoms with van der Waals surface area (Å²) in [4.78, 5) is 20.3. The summed E-state index contributed by atoms with van der Waals surface area (Å²) in [6, 6.07) is 9.67. The molecule has 0 fully saturated rings. The predicted octanol–water partition coefficient (Wildman–Crippen LogP) is 2.86. The number of para-hydroxylation sites is 1. The summed E-state index contributed by atoms with van der Waals surface area (Å²) in [7, 11) is 0. The van der Waals surface area contributed by atoms with Gasteiger partial charge in [-0.1, -0.05) is 26.0 Å². The van der Waals surface area contributed by atoms with Crippen molar-refractivity contribution in [3.8, 4) is 0 Å². The molecule has 0 bridgehead atoms. The molecule has 0 saturated carbocycles. The fourth-order valence-corrected chi connectivity index (χ4v) is 2.86. The zero-order valence-electron chi connectivity index (χ0n) is 13.8. The molecule has 3 N–H and O–H groups in total. The van der Waals surface area contributed by atoms with Crippen molar-refractivity contribution in [1.82, 2.24) is 14.5 Å². The zero-order valence-corrected chi connectivity index (χ0v) is 13.8. The van der Waals surface area contributed by atoms with Gasteiger partial charge in [-0.2, -0.15) is 0 Å². The average Bonchev–Trinajstić information content (AvgIpc) is 2.91. The van der Waals surface area contributed by atoms with Crippen LogP contribution < -0.4 is 11.3 Å². The molecule has 0 saturated heterocycles. The highest BCUT2D eigenvalue weighted by Gasteiger charge is 2.11. The molecule has 0 atom stereocenters. The first kappa shape index (κ1) is 15.3. The summed E-state index contributed by atoms with van der Waals surface area (Å²) in [5.74, 6) is 1.34. The van der Waals surface area contributed by atoms with Gasteiger partial charge in [-0.25, -0.2) is 4.98 Å². The van der Waals surface area contributed by atoms with Crippen molar-refractivity contribution in [1.29, 1.82) is 0 Å². The molecule has 0 aliphatic carbocycles. The highest BCUT2D eigenvalue weighted by Crippen LogP contribution is 2.20. The van der Waals surface area contributed by atoms with Crippen molar-refractivity contribution in [2.24, 2.45) is 5.92 Å². The van der Waals surface area contributed by atoms with Gasteiger partial charge in [0.05, 0.1) is 23.3 Å². The van der Waals surface area contributed by atoms with E-state index in [1.807, 2.05) is 25.1 Å². The van der Waals surface area contributed by atoms with Gasteiger partial charge < -0.3 is 15.3 Å². The Balaban J connectivity index is 2.02. The first-order chi connectivity index (χ1) is 11.0. The Bertz CT molecular complexity index is 905. The topological polar surface area (TPSA) is 76.7 Å². The van der Waals surface area contributed by atoms with Gasteiger partial charge in [0, 0.05) is 5.69 Å². The molecule has 0 unspecified atom stereocenters. The largest absolute Gasteiger partial charge is 0.394 e. The van der Waals surface area contributed by atoms with Gasteiger partial charge in [0.15, 0.2) is 0 Å². The number of fused-ring (bicyclic) bond motifs is 1. The molecule has 0 aliphatic rings. The maximum Gasteiger partial charge on any atom is 0.274 e. The second-order valence-corrected chi connectivity index (χ2v) is 6.42. The van der Waals surface area contributed by atoms with Gasteiger partial charge >= 0.3 is 0 Å². The van der Waals surface area contributed by atoms with E-state index in [0.29, 0.717) is 12.5 Å². The van der Waals surface area contributed by atoms with Crippen LogP contribution in [0.4, 0.5) is 5.69 Å². The van der Waals surface area contributed by atoms with Crippen LogP contribution in [0, 0.1) is 12.8 Å². The molecule has 0 amide bonds. The summed E-state index contributed by atoms with van der Waals surface area (Å²) >= 11 is 0. The normalized spacial score (nSPS) is 11.5.